The van der Waals surface area contributed by atoms with Gasteiger partial charge >= 0.3 is 0 Å². The van der Waals surface area contributed by atoms with E-state index in [-0.39, 0.29) is 0 Å². The summed E-state index contributed by atoms with van der Waals surface area (Å²) in [6, 6.07) is 0.348. The summed E-state index contributed by atoms with van der Waals surface area (Å²) >= 11 is 0. The fourth-order valence-corrected chi connectivity index (χ4v) is 3.31. The van der Waals surface area contributed by atoms with E-state index in [4.69, 9.17) is 5.73 Å². The zero-order chi connectivity index (χ0) is 13.1. The maximum atomic E-state index is 11.3. The Kier molecular flexibility index (Phi) is 4.16. The van der Waals surface area contributed by atoms with Crippen LogP contribution in [-0.4, -0.2) is 31.7 Å². The lowest BCUT2D eigenvalue weighted by Gasteiger charge is -2.24. The van der Waals surface area contributed by atoms with Gasteiger partial charge in [-0.05, 0) is 19.8 Å². The number of nitrogens with two attached hydrogens (primary N) is 1. The van der Waals surface area contributed by atoms with Crippen molar-refractivity contribution in [3.63, 3.8) is 0 Å². The number of nitrogens with one attached hydrogen (secondary N) is 1. The maximum absolute atomic E-state index is 11.3. The van der Waals surface area contributed by atoms with Crippen LogP contribution in [0, 0.1) is 6.92 Å². The third-order valence-electron chi connectivity index (χ3n) is 3.27. The first-order chi connectivity index (χ1) is 8.60. The van der Waals surface area contributed by atoms with Crippen LogP contribution in [-0.2, 0) is 17.2 Å². The Balaban J connectivity index is 2.13. The molecule has 1 aliphatic rings. The molecule has 0 aromatic carbocycles. The molecule has 0 atom stereocenters. The second kappa shape index (κ2) is 5.65. The fraction of sp³-hybridized carbons (Fsp3) is 0.667. The lowest BCUT2D eigenvalue weighted by Crippen LogP contribution is -2.30. The standard InChI is InChI=1S/C12H20N4OS/c1-3-10-15-11(13)8(2)12(16-10)14-9-4-6-18(17)7-5-9/h9H,3-7H2,1-2H3,(H3,13,14,15,16). The number of hydrogen-bond acceptors (Lipinski definition) is 5. The van der Waals surface area contributed by atoms with E-state index in [1.54, 1.807) is 0 Å². The first-order valence-corrected chi connectivity index (χ1v) is 7.83. The molecule has 0 spiro atoms. The Labute approximate surface area is 110 Å². The molecule has 0 saturated carbocycles. The minimum Gasteiger partial charge on any atom is -0.383 e. The van der Waals surface area contributed by atoms with E-state index in [1.807, 2.05) is 13.8 Å². The molecule has 2 heterocycles. The molecule has 1 saturated heterocycles. The Morgan fingerprint density at radius 2 is 2.06 bits per heavy atom. The van der Waals surface area contributed by atoms with Gasteiger partial charge in [0, 0.05) is 40.3 Å². The Bertz CT molecular complexity index is 454. The molecule has 100 valence electrons. The summed E-state index contributed by atoms with van der Waals surface area (Å²) < 4.78 is 11.3. The van der Waals surface area contributed by atoms with Crippen LogP contribution in [0.1, 0.15) is 31.2 Å². The van der Waals surface area contributed by atoms with Gasteiger partial charge in [-0.15, -0.1) is 0 Å². The second-order valence-corrected chi connectivity index (χ2v) is 6.32. The van der Waals surface area contributed by atoms with Gasteiger partial charge in [0.05, 0.1) is 0 Å². The number of aromatic nitrogens is 2. The van der Waals surface area contributed by atoms with E-state index in [9.17, 15) is 4.21 Å². The Morgan fingerprint density at radius 3 is 2.67 bits per heavy atom. The van der Waals surface area contributed by atoms with Gasteiger partial charge in [0.1, 0.15) is 17.5 Å². The van der Waals surface area contributed by atoms with Gasteiger partial charge in [-0.1, -0.05) is 6.92 Å². The average Bonchev–Trinajstić information content (AvgIpc) is 2.37. The molecule has 18 heavy (non-hydrogen) atoms. The first kappa shape index (κ1) is 13.3. The molecule has 1 aromatic rings. The number of aryl methyl sites for hydroxylation is 1. The Morgan fingerprint density at radius 1 is 1.39 bits per heavy atom. The smallest absolute Gasteiger partial charge is 0.134 e. The van der Waals surface area contributed by atoms with Crippen LogP contribution in [0.2, 0.25) is 0 Å². The fourth-order valence-electron chi connectivity index (χ4n) is 2.01. The van der Waals surface area contributed by atoms with Crippen LogP contribution < -0.4 is 11.1 Å². The zero-order valence-corrected chi connectivity index (χ0v) is 11.7. The molecule has 1 fully saturated rings. The van der Waals surface area contributed by atoms with Gasteiger partial charge in [0.15, 0.2) is 0 Å². The van der Waals surface area contributed by atoms with Crippen LogP contribution in [0.5, 0.6) is 0 Å². The van der Waals surface area contributed by atoms with Gasteiger partial charge in [0.2, 0.25) is 0 Å². The predicted octanol–water partition coefficient (Wildman–Crippen LogP) is 1.25. The first-order valence-electron chi connectivity index (χ1n) is 6.34. The van der Waals surface area contributed by atoms with Crippen LogP contribution in [0.15, 0.2) is 0 Å². The minimum absolute atomic E-state index is 0.348. The van der Waals surface area contributed by atoms with Crippen molar-refractivity contribution in [2.45, 2.75) is 39.2 Å². The summed E-state index contributed by atoms with van der Waals surface area (Å²) in [5.74, 6) is 3.69. The van der Waals surface area contributed by atoms with Crippen molar-refractivity contribution in [3.8, 4) is 0 Å². The van der Waals surface area contributed by atoms with Crippen molar-refractivity contribution in [2.24, 2.45) is 0 Å². The highest BCUT2D eigenvalue weighted by atomic mass is 32.2. The van der Waals surface area contributed by atoms with Gasteiger partial charge in [-0.3, -0.25) is 4.21 Å². The van der Waals surface area contributed by atoms with Crippen LogP contribution in [0.25, 0.3) is 0 Å². The van der Waals surface area contributed by atoms with Crippen molar-refractivity contribution >= 4 is 22.4 Å². The third kappa shape index (κ3) is 2.98. The molecule has 0 radical (unpaired) electrons. The van der Waals surface area contributed by atoms with Crippen molar-refractivity contribution in [3.05, 3.63) is 11.4 Å². The molecule has 0 amide bonds. The van der Waals surface area contributed by atoms with Crippen molar-refractivity contribution in [2.75, 3.05) is 22.6 Å². The van der Waals surface area contributed by atoms with Gasteiger partial charge in [0.25, 0.3) is 0 Å². The normalized spacial score (nSPS) is 23.9. The maximum Gasteiger partial charge on any atom is 0.134 e. The van der Waals surface area contributed by atoms with Crippen molar-refractivity contribution in [1.29, 1.82) is 0 Å². The summed E-state index contributed by atoms with van der Waals surface area (Å²) in [6.45, 7) is 3.94. The molecular weight excluding hydrogens is 248 g/mol. The summed E-state index contributed by atoms with van der Waals surface area (Å²) in [6.07, 6.45) is 2.63. The molecule has 5 nitrogen and oxygen atoms in total. The molecule has 3 N–H and O–H groups in total. The summed E-state index contributed by atoms with van der Waals surface area (Å²) in [5.41, 5.74) is 6.79. The molecule has 0 unspecified atom stereocenters. The van der Waals surface area contributed by atoms with Gasteiger partial charge in [-0.25, -0.2) is 9.97 Å². The zero-order valence-electron chi connectivity index (χ0n) is 10.9. The molecule has 1 aliphatic heterocycles. The number of anilines is 2. The molecule has 2 rings (SSSR count). The highest BCUT2D eigenvalue weighted by Gasteiger charge is 2.19. The van der Waals surface area contributed by atoms with Crippen LogP contribution in [0.4, 0.5) is 11.6 Å². The highest BCUT2D eigenvalue weighted by molar-refractivity contribution is 7.85. The van der Waals surface area contributed by atoms with E-state index in [2.05, 4.69) is 15.3 Å². The van der Waals surface area contributed by atoms with Gasteiger partial charge < -0.3 is 11.1 Å². The van der Waals surface area contributed by atoms with Crippen LogP contribution >= 0.6 is 0 Å². The number of hydrogen-bond donors (Lipinski definition) is 2. The van der Waals surface area contributed by atoms with E-state index < -0.39 is 10.8 Å². The lowest BCUT2D eigenvalue weighted by atomic mass is 10.1. The monoisotopic (exact) mass is 268 g/mol. The lowest BCUT2D eigenvalue weighted by molar-refractivity contribution is 0.621. The van der Waals surface area contributed by atoms with E-state index in [1.165, 1.54) is 0 Å². The van der Waals surface area contributed by atoms with Crippen LogP contribution in [0.3, 0.4) is 0 Å². The van der Waals surface area contributed by atoms with E-state index in [0.29, 0.717) is 11.9 Å². The molecule has 0 aliphatic carbocycles. The highest BCUT2D eigenvalue weighted by Crippen LogP contribution is 2.21. The molecule has 6 heteroatoms. The Hall–Kier alpha value is -1.17. The quantitative estimate of drug-likeness (QED) is 0.862. The van der Waals surface area contributed by atoms with Gasteiger partial charge in [-0.2, -0.15) is 0 Å². The number of nitrogen functional groups attached to an aromatic ring is 1. The third-order valence-corrected chi connectivity index (χ3v) is 4.66. The number of rotatable bonds is 3. The van der Waals surface area contributed by atoms with E-state index in [0.717, 1.165) is 48.0 Å². The van der Waals surface area contributed by atoms with Crippen molar-refractivity contribution in [1.82, 2.24) is 9.97 Å². The largest absolute Gasteiger partial charge is 0.383 e. The second-order valence-electron chi connectivity index (χ2n) is 4.62. The van der Waals surface area contributed by atoms with E-state index >= 15 is 0 Å². The minimum atomic E-state index is -0.632. The SMILES string of the molecule is CCc1nc(N)c(C)c(NC2CCS(=O)CC2)n1. The molecule has 1 aromatic heterocycles. The summed E-state index contributed by atoms with van der Waals surface area (Å²) in [5, 5.41) is 3.42. The summed E-state index contributed by atoms with van der Waals surface area (Å²) in [7, 11) is -0.632. The number of nitrogens with zero attached hydrogens (tertiary/aromatic N) is 2. The average molecular weight is 268 g/mol. The summed E-state index contributed by atoms with van der Waals surface area (Å²) in [4.78, 5) is 8.72. The predicted molar refractivity (Wildman–Crippen MR) is 75.1 cm³/mol. The topological polar surface area (TPSA) is 80.9 Å². The molecular formula is C12H20N4OS. The molecule has 0 bridgehead atoms. The van der Waals surface area contributed by atoms with Crippen molar-refractivity contribution < 1.29 is 4.21 Å².